The van der Waals surface area contributed by atoms with Gasteiger partial charge in [-0.2, -0.15) is 0 Å². The normalized spacial score (nSPS) is 17.5. The van der Waals surface area contributed by atoms with Gasteiger partial charge in [0.05, 0.1) is 18.6 Å². The fourth-order valence-electron chi connectivity index (χ4n) is 2.39. The van der Waals surface area contributed by atoms with Crippen molar-refractivity contribution in [1.29, 1.82) is 0 Å². The molecule has 1 aromatic rings. The minimum absolute atomic E-state index is 0.119. The number of rotatable bonds is 4. The highest BCUT2D eigenvalue weighted by Gasteiger charge is 2.31. The van der Waals surface area contributed by atoms with Gasteiger partial charge in [-0.05, 0) is 26.8 Å². The Kier molecular flexibility index (Phi) is 5.16. The maximum atomic E-state index is 12.0. The molecule has 0 aromatic heterocycles. The summed E-state index contributed by atoms with van der Waals surface area (Å²) in [6.45, 7) is 6.41. The van der Waals surface area contributed by atoms with Crippen LogP contribution in [0.2, 0.25) is 0 Å². The first-order valence-electron chi connectivity index (χ1n) is 7.66. The summed E-state index contributed by atoms with van der Waals surface area (Å²) in [6, 6.07) is 4.35. The Balaban J connectivity index is 1.98. The van der Waals surface area contributed by atoms with Gasteiger partial charge in [-0.25, -0.2) is 4.79 Å². The predicted octanol–water partition coefficient (Wildman–Crippen LogP) is 2.99. The van der Waals surface area contributed by atoms with Crippen molar-refractivity contribution in [3.05, 3.63) is 28.3 Å². The first-order valence-corrected chi connectivity index (χ1v) is 7.66. The van der Waals surface area contributed by atoms with Crippen LogP contribution in [0, 0.1) is 10.1 Å². The van der Waals surface area contributed by atoms with Crippen LogP contribution >= 0.6 is 0 Å². The number of carbonyl (C=O) groups is 1. The van der Waals surface area contributed by atoms with E-state index in [4.69, 9.17) is 14.2 Å². The van der Waals surface area contributed by atoms with Crippen molar-refractivity contribution in [3.63, 3.8) is 0 Å². The molecule has 0 saturated carbocycles. The van der Waals surface area contributed by atoms with Crippen LogP contribution in [0.1, 0.15) is 27.2 Å². The molecule has 8 heteroatoms. The van der Waals surface area contributed by atoms with E-state index in [1.54, 1.807) is 4.90 Å². The molecule has 1 fully saturated rings. The average Bonchev–Trinajstić information content (AvgIpc) is 2.93. The molecular formula is C16H22N2O6. The lowest BCUT2D eigenvalue weighted by Crippen LogP contribution is -2.36. The molecule has 1 saturated heterocycles. The lowest BCUT2D eigenvalue weighted by molar-refractivity contribution is -0.385. The number of ether oxygens (including phenoxy) is 3. The SMILES string of the molecule is COc1cc(OC2CCN(C(=O)OC(C)(C)C)C2)ccc1[N+](=O)[O-]. The molecule has 0 N–H and O–H groups in total. The number of nitro benzene ring substituents is 1. The van der Waals surface area contributed by atoms with Crippen LogP contribution in [0.3, 0.4) is 0 Å². The number of hydrogen-bond donors (Lipinski definition) is 0. The van der Waals surface area contributed by atoms with Crippen LogP contribution in [0.25, 0.3) is 0 Å². The lowest BCUT2D eigenvalue weighted by atomic mass is 10.2. The molecule has 1 aliphatic rings. The van der Waals surface area contributed by atoms with Crippen LogP contribution in [0.15, 0.2) is 18.2 Å². The summed E-state index contributed by atoms with van der Waals surface area (Å²) in [6.07, 6.45) is 0.108. The highest BCUT2D eigenvalue weighted by Crippen LogP contribution is 2.32. The van der Waals surface area contributed by atoms with E-state index in [1.807, 2.05) is 20.8 Å². The first kappa shape index (κ1) is 17.8. The van der Waals surface area contributed by atoms with Gasteiger partial charge >= 0.3 is 11.8 Å². The maximum absolute atomic E-state index is 12.0. The second-order valence-corrected chi connectivity index (χ2v) is 6.55. The molecule has 1 aliphatic heterocycles. The van der Waals surface area contributed by atoms with Crippen molar-refractivity contribution in [2.75, 3.05) is 20.2 Å². The Bertz CT molecular complexity index is 625. The fraction of sp³-hybridized carbons (Fsp3) is 0.562. The number of nitro groups is 1. The molecule has 0 bridgehead atoms. The summed E-state index contributed by atoms with van der Waals surface area (Å²) in [5, 5.41) is 10.9. The topological polar surface area (TPSA) is 91.1 Å². The highest BCUT2D eigenvalue weighted by atomic mass is 16.6. The number of benzene rings is 1. The molecule has 0 spiro atoms. The molecule has 0 radical (unpaired) electrons. The second kappa shape index (κ2) is 6.94. The molecule has 0 aliphatic carbocycles. The molecule has 1 atom stereocenters. The third-order valence-corrected chi connectivity index (χ3v) is 3.45. The van der Waals surface area contributed by atoms with Gasteiger partial charge < -0.3 is 19.1 Å². The third kappa shape index (κ3) is 4.50. The van der Waals surface area contributed by atoms with E-state index in [9.17, 15) is 14.9 Å². The Labute approximate surface area is 140 Å². The van der Waals surface area contributed by atoms with Crippen molar-refractivity contribution in [1.82, 2.24) is 4.90 Å². The molecule has 1 amide bonds. The van der Waals surface area contributed by atoms with Gasteiger partial charge in [0, 0.05) is 25.1 Å². The van der Waals surface area contributed by atoms with E-state index >= 15 is 0 Å². The number of amides is 1. The Morgan fingerprint density at radius 2 is 2.08 bits per heavy atom. The van der Waals surface area contributed by atoms with Gasteiger partial charge in [0.1, 0.15) is 17.5 Å². The molecule has 1 aromatic carbocycles. The monoisotopic (exact) mass is 338 g/mol. The number of methoxy groups -OCH3 is 1. The van der Waals surface area contributed by atoms with E-state index in [1.165, 1.54) is 25.3 Å². The summed E-state index contributed by atoms with van der Waals surface area (Å²) in [5.74, 6) is 0.605. The first-order chi connectivity index (χ1) is 11.2. The van der Waals surface area contributed by atoms with Crippen molar-refractivity contribution < 1.29 is 23.9 Å². The molecule has 1 heterocycles. The smallest absolute Gasteiger partial charge is 0.410 e. The van der Waals surface area contributed by atoms with E-state index in [2.05, 4.69) is 0 Å². The second-order valence-electron chi connectivity index (χ2n) is 6.55. The average molecular weight is 338 g/mol. The minimum Gasteiger partial charge on any atom is -0.490 e. The van der Waals surface area contributed by atoms with Crippen LogP contribution < -0.4 is 9.47 Å². The number of carbonyl (C=O) groups excluding carboxylic acids is 1. The molecule has 132 valence electrons. The quantitative estimate of drug-likeness (QED) is 0.619. The summed E-state index contributed by atoms with van der Waals surface area (Å²) >= 11 is 0. The van der Waals surface area contributed by atoms with E-state index in [0.717, 1.165) is 0 Å². The van der Waals surface area contributed by atoms with Crippen molar-refractivity contribution in [2.24, 2.45) is 0 Å². The van der Waals surface area contributed by atoms with Gasteiger partial charge in [0.15, 0.2) is 0 Å². The third-order valence-electron chi connectivity index (χ3n) is 3.45. The zero-order valence-corrected chi connectivity index (χ0v) is 14.3. The van der Waals surface area contributed by atoms with Crippen molar-refractivity contribution in [3.8, 4) is 11.5 Å². The summed E-state index contributed by atoms with van der Waals surface area (Å²) < 4.78 is 16.2. The van der Waals surface area contributed by atoms with Gasteiger partial charge in [0.2, 0.25) is 5.75 Å². The molecular weight excluding hydrogens is 316 g/mol. The van der Waals surface area contributed by atoms with Crippen LogP contribution in [0.4, 0.5) is 10.5 Å². The number of likely N-dealkylation sites (tertiary alicyclic amines) is 1. The van der Waals surface area contributed by atoms with E-state index < -0.39 is 10.5 Å². The van der Waals surface area contributed by atoms with Gasteiger partial charge in [-0.15, -0.1) is 0 Å². The van der Waals surface area contributed by atoms with E-state index in [0.29, 0.717) is 25.3 Å². The lowest BCUT2D eigenvalue weighted by Gasteiger charge is -2.24. The standard InChI is InChI=1S/C16H22N2O6/c1-16(2,3)24-15(19)17-8-7-12(10-17)23-11-5-6-13(18(20)21)14(9-11)22-4/h5-6,9,12H,7-8,10H2,1-4H3. The molecule has 24 heavy (non-hydrogen) atoms. The zero-order chi connectivity index (χ0) is 17.9. The van der Waals surface area contributed by atoms with Crippen LogP contribution in [-0.2, 0) is 4.74 Å². The largest absolute Gasteiger partial charge is 0.490 e. The summed E-state index contributed by atoms with van der Waals surface area (Å²) in [5.41, 5.74) is -0.659. The van der Waals surface area contributed by atoms with Crippen LogP contribution in [0.5, 0.6) is 11.5 Å². The number of hydrogen-bond acceptors (Lipinski definition) is 6. The Morgan fingerprint density at radius 3 is 2.67 bits per heavy atom. The van der Waals surface area contributed by atoms with Gasteiger partial charge in [-0.1, -0.05) is 0 Å². The predicted molar refractivity (Wildman–Crippen MR) is 86.5 cm³/mol. The summed E-state index contributed by atoms with van der Waals surface area (Å²) in [4.78, 5) is 24.0. The maximum Gasteiger partial charge on any atom is 0.410 e. The molecule has 2 rings (SSSR count). The fourth-order valence-corrected chi connectivity index (χ4v) is 2.39. The van der Waals surface area contributed by atoms with Crippen LogP contribution in [-0.4, -0.2) is 47.8 Å². The van der Waals surface area contributed by atoms with E-state index in [-0.39, 0.29) is 23.6 Å². The summed E-state index contributed by atoms with van der Waals surface area (Å²) in [7, 11) is 1.37. The number of nitrogens with zero attached hydrogens (tertiary/aromatic N) is 2. The zero-order valence-electron chi connectivity index (χ0n) is 14.3. The van der Waals surface area contributed by atoms with Crippen molar-refractivity contribution in [2.45, 2.75) is 38.9 Å². The highest BCUT2D eigenvalue weighted by molar-refractivity contribution is 5.68. The minimum atomic E-state index is -0.540. The van der Waals surface area contributed by atoms with Gasteiger partial charge in [0.25, 0.3) is 0 Å². The van der Waals surface area contributed by atoms with Crippen molar-refractivity contribution >= 4 is 11.8 Å². The van der Waals surface area contributed by atoms with Gasteiger partial charge in [-0.3, -0.25) is 10.1 Å². The Hall–Kier alpha value is -2.51. The Morgan fingerprint density at radius 1 is 1.38 bits per heavy atom. The molecule has 1 unspecified atom stereocenters. The molecule has 8 nitrogen and oxygen atoms in total.